The van der Waals surface area contributed by atoms with E-state index in [1.54, 1.807) is 18.2 Å². The Balaban J connectivity index is 1.92. The van der Waals surface area contributed by atoms with Gasteiger partial charge in [0.1, 0.15) is 0 Å². The van der Waals surface area contributed by atoms with Gasteiger partial charge in [0.25, 0.3) is 5.69 Å². The lowest BCUT2D eigenvalue weighted by atomic mass is 10.1. The highest BCUT2D eigenvalue weighted by atomic mass is 35.5. The zero-order valence-corrected chi connectivity index (χ0v) is 14.9. The Hall–Kier alpha value is -2.05. The largest absolute Gasteiger partial charge is 0.325 e. The lowest BCUT2D eigenvalue weighted by Gasteiger charge is -2.12. The average Bonchev–Trinajstić information content (AvgIpc) is 2.56. The maximum atomic E-state index is 12.0. The summed E-state index contributed by atoms with van der Waals surface area (Å²) in [7, 11) is 0. The molecule has 1 N–H and O–H groups in total. The first-order valence-corrected chi connectivity index (χ1v) is 8.71. The van der Waals surface area contributed by atoms with E-state index >= 15 is 0 Å². The van der Waals surface area contributed by atoms with Crippen LogP contribution in [0.3, 0.4) is 0 Å². The van der Waals surface area contributed by atoms with Crippen molar-refractivity contribution in [3.63, 3.8) is 0 Å². The number of rotatable bonds is 6. The maximum Gasteiger partial charge on any atom is 0.269 e. The summed E-state index contributed by atoms with van der Waals surface area (Å²) in [6.45, 7) is 3.81. The number of hydrogen-bond donors (Lipinski definition) is 1. The molecule has 7 heteroatoms. The number of halogens is 1. The van der Waals surface area contributed by atoms with E-state index in [0.29, 0.717) is 10.7 Å². The standard InChI is InChI=1S/C17H17ClN2O3S/c1-11-6-7-14(9-16(11)18)19-17(21)10-24-12(2)13-4-3-5-15(8-13)20(22)23/h3-9,12H,10H2,1-2H3,(H,19,21)/t12-/m1/s1. The van der Waals surface area contributed by atoms with Crippen molar-refractivity contribution in [1.29, 1.82) is 0 Å². The van der Waals surface area contributed by atoms with Crippen molar-refractivity contribution in [2.24, 2.45) is 0 Å². The lowest BCUT2D eigenvalue weighted by molar-refractivity contribution is -0.384. The molecule has 0 fully saturated rings. The van der Waals surface area contributed by atoms with Gasteiger partial charge in [-0.3, -0.25) is 14.9 Å². The number of carbonyl (C=O) groups excluding carboxylic acids is 1. The number of hydrogen-bond acceptors (Lipinski definition) is 4. The number of nitro groups is 1. The van der Waals surface area contributed by atoms with E-state index in [1.807, 2.05) is 26.0 Å². The molecule has 2 rings (SSSR count). The second kappa shape index (κ2) is 8.17. The van der Waals surface area contributed by atoms with Crippen LogP contribution in [-0.4, -0.2) is 16.6 Å². The van der Waals surface area contributed by atoms with Crippen molar-refractivity contribution in [3.8, 4) is 0 Å². The van der Waals surface area contributed by atoms with E-state index in [2.05, 4.69) is 5.32 Å². The summed E-state index contributed by atoms with van der Waals surface area (Å²) in [5.74, 6) is 0.104. The molecule has 24 heavy (non-hydrogen) atoms. The second-order valence-electron chi connectivity index (χ2n) is 5.32. The summed E-state index contributed by atoms with van der Waals surface area (Å²) >= 11 is 7.45. The third kappa shape index (κ3) is 4.97. The van der Waals surface area contributed by atoms with Crippen molar-refractivity contribution >= 4 is 40.6 Å². The molecule has 0 aliphatic rings. The molecule has 0 spiro atoms. The van der Waals surface area contributed by atoms with Gasteiger partial charge in [0.15, 0.2) is 0 Å². The van der Waals surface area contributed by atoms with Gasteiger partial charge in [0.05, 0.1) is 10.7 Å². The van der Waals surface area contributed by atoms with Crippen LogP contribution in [0.25, 0.3) is 0 Å². The number of non-ortho nitro benzene ring substituents is 1. The Bertz CT molecular complexity index is 767. The number of benzene rings is 2. The molecule has 0 bridgehead atoms. The number of anilines is 1. The van der Waals surface area contributed by atoms with Gasteiger partial charge >= 0.3 is 0 Å². The van der Waals surface area contributed by atoms with E-state index in [4.69, 9.17) is 11.6 Å². The van der Waals surface area contributed by atoms with E-state index < -0.39 is 4.92 Å². The summed E-state index contributed by atoms with van der Waals surface area (Å²) in [5.41, 5.74) is 2.47. The summed E-state index contributed by atoms with van der Waals surface area (Å²) < 4.78 is 0. The normalized spacial score (nSPS) is 11.8. The molecule has 1 atom stereocenters. The summed E-state index contributed by atoms with van der Waals surface area (Å²) in [4.78, 5) is 22.4. The molecule has 5 nitrogen and oxygen atoms in total. The molecule has 2 aromatic carbocycles. The predicted molar refractivity (Wildman–Crippen MR) is 98.8 cm³/mol. The van der Waals surface area contributed by atoms with Crippen molar-refractivity contribution in [2.75, 3.05) is 11.1 Å². The van der Waals surface area contributed by atoms with Gasteiger partial charge in [-0.2, -0.15) is 0 Å². The van der Waals surface area contributed by atoms with E-state index in [9.17, 15) is 14.9 Å². The Kier molecular flexibility index (Phi) is 6.23. The molecule has 0 saturated heterocycles. The molecule has 1 amide bonds. The SMILES string of the molecule is Cc1ccc(NC(=O)CS[C@H](C)c2cccc([N+](=O)[O-])c2)cc1Cl. The zero-order chi connectivity index (χ0) is 17.7. The summed E-state index contributed by atoms with van der Waals surface area (Å²) in [6.07, 6.45) is 0. The third-order valence-electron chi connectivity index (χ3n) is 3.47. The summed E-state index contributed by atoms with van der Waals surface area (Å²) in [5, 5.41) is 14.2. The van der Waals surface area contributed by atoms with Crippen LogP contribution in [0.15, 0.2) is 42.5 Å². The van der Waals surface area contributed by atoms with Crippen LogP contribution in [0.4, 0.5) is 11.4 Å². The Morgan fingerprint density at radius 1 is 1.33 bits per heavy atom. The maximum absolute atomic E-state index is 12.0. The highest BCUT2D eigenvalue weighted by Crippen LogP contribution is 2.30. The zero-order valence-electron chi connectivity index (χ0n) is 13.3. The van der Waals surface area contributed by atoms with Gasteiger partial charge in [-0.15, -0.1) is 11.8 Å². The smallest absolute Gasteiger partial charge is 0.269 e. The van der Waals surface area contributed by atoms with Crippen molar-refractivity contribution in [2.45, 2.75) is 19.1 Å². The fraction of sp³-hybridized carbons (Fsp3) is 0.235. The molecular weight excluding hydrogens is 348 g/mol. The molecular formula is C17H17ClN2O3S. The first-order chi connectivity index (χ1) is 11.4. The first-order valence-electron chi connectivity index (χ1n) is 7.29. The molecule has 0 heterocycles. The number of aryl methyl sites for hydroxylation is 1. The minimum Gasteiger partial charge on any atom is -0.325 e. The van der Waals surface area contributed by atoms with Gasteiger partial charge in [-0.25, -0.2) is 0 Å². The highest BCUT2D eigenvalue weighted by molar-refractivity contribution is 8.00. The van der Waals surface area contributed by atoms with Crippen LogP contribution in [0, 0.1) is 17.0 Å². The van der Waals surface area contributed by atoms with E-state index in [-0.39, 0.29) is 22.6 Å². The van der Waals surface area contributed by atoms with Crippen molar-refractivity contribution < 1.29 is 9.72 Å². The molecule has 0 unspecified atom stereocenters. The molecule has 126 valence electrons. The summed E-state index contributed by atoms with van der Waals surface area (Å²) in [6, 6.07) is 11.8. The quantitative estimate of drug-likeness (QED) is 0.579. The predicted octanol–water partition coefficient (Wildman–Crippen LogP) is 4.99. The van der Waals surface area contributed by atoms with Gasteiger partial charge in [-0.05, 0) is 37.1 Å². The number of nitrogens with one attached hydrogen (secondary N) is 1. The van der Waals surface area contributed by atoms with Crippen LogP contribution < -0.4 is 5.32 Å². The number of nitro benzene ring substituents is 1. The molecule has 0 aliphatic carbocycles. The molecule has 0 aromatic heterocycles. The molecule has 0 saturated carbocycles. The minimum atomic E-state index is -0.422. The van der Waals surface area contributed by atoms with Crippen LogP contribution >= 0.6 is 23.4 Å². The Morgan fingerprint density at radius 3 is 2.75 bits per heavy atom. The lowest BCUT2D eigenvalue weighted by Crippen LogP contribution is -2.14. The fourth-order valence-corrected chi connectivity index (χ4v) is 3.05. The van der Waals surface area contributed by atoms with Gasteiger partial charge in [0, 0.05) is 28.1 Å². The second-order valence-corrected chi connectivity index (χ2v) is 7.05. The minimum absolute atomic E-state index is 0.0303. The highest BCUT2D eigenvalue weighted by Gasteiger charge is 2.13. The third-order valence-corrected chi connectivity index (χ3v) is 5.08. The number of nitrogens with zero attached hydrogens (tertiary/aromatic N) is 1. The number of thioether (sulfide) groups is 1. The van der Waals surface area contributed by atoms with Gasteiger partial charge in [-0.1, -0.05) is 29.8 Å². The van der Waals surface area contributed by atoms with Gasteiger partial charge < -0.3 is 5.32 Å². The van der Waals surface area contributed by atoms with Crippen molar-refractivity contribution in [3.05, 3.63) is 68.7 Å². The van der Waals surface area contributed by atoms with Crippen LogP contribution in [0.2, 0.25) is 5.02 Å². The van der Waals surface area contributed by atoms with E-state index in [1.165, 1.54) is 23.9 Å². The Labute approximate surface area is 149 Å². The fourth-order valence-electron chi connectivity index (χ4n) is 2.06. The van der Waals surface area contributed by atoms with E-state index in [0.717, 1.165) is 11.1 Å². The average molecular weight is 365 g/mol. The topological polar surface area (TPSA) is 72.2 Å². The van der Waals surface area contributed by atoms with Gasteiger partial charge in [0.2, 0.25) is 5.91 Å². The molecule has 2 aromatic rings. The van der Waals surface area contributed by atoms with Crippen LogP contribution in [0.5, 0.6) is 0 Å². The van der Waals surface area contributed by atoms with Crippen LogP contribution in [0.1, 0.15) is 23.3 Å². The molecule has 0 radical (unpaired) electrons. The number of carbonyl (C=O) groups is 1. The number of amides is 1. The van der Waals surface area contributed by atoms with Crippen LogP contribution in [-0.2, 0) is 4.79 Å². The first kappa shape index (κ1) is 18.3. The molecule has 0 aliphatic heterocycles. The van der Waals surface area contributed by atoms with Crippen molar-refractivity contribution in [1.82, 2.24) is 0 Å². The monoisotopic (exact) mass is 364 g/mol. The Morgan fingerprint density at radius 2 is 2.08 bits per heavy atom.